The molecule has 1 aromatic rings. The molecule has 0 aliphatic heterocycles. The molecule has 0 saturated heterocycles. The Morgan fingerprint density at radius 2 is 1.68 bits per heavy atom. The number of carboxylic acid groups (broad SMARTS) is 1. The number of nitrogens with one attached hydrogen (secondary N) is 1. The van der Waals surface area contributed by atoms with Gasteiger partial charge in [0.2, 0.25) is 0 Å². The van der Waals surface area contributed by atoms with E-state index in [1.165, 1.54) is 0 Å². The third kappa shape index (κ3) is 3.84. The van der Waals surface area contributed by atoms with Crippen molar-refractivity contribution in [3.8, 4) is 0 Å². The van der Waals surface area contributed by atoms with Crippen LogP contribution in [0.2, 0.25) is 0 Å². The molecule has 1 fully saturated rings. The second-order valence-corrected chi connectivity index (χ2v) is 5.45. The average Bonchev–Trinajstić information content (AvgIpc) is 2.54. The third-order valence-corrected chi connectivity index (χ3v) is 4.09. The number of hydrogen-bond acceptors (Lipinski definition) is 4. The van der Waals surface area contributed by atoms with Gasteiger partial charge in [0.1, 0.15) is 0 Å². The molecule has 0 bridgehead atoms. The standard InChI is InChI=1S/C16H19NO5/c1-22-16(21)14(18)17-13-8-6-11(7-9-13)10-2-4-12(5-3-10)15(19)20/h6-10,12H,2-5H2,1H3,(H,17,18)(H,19,20)/t10-,12-. The lowest BCUT2D eigenvalue weighted by molar-refractivity contribution is -0.150. The summed E-state index contributed by atoms with van der Waals surface area (Å²) in [5, 5.41) is 11.5. The van der Waals surface area contributed by atoms with Crippen LogP contribution in [0.15, 0.2) is 24.3 Å². The fourth-order valence-electron chi connectivity index (χ4n) is 2.79. The topological polar surface area (TPSA) is 92.7 Å². The molecule has 0 radical (unpaired) electrons. The second kappa shape index (κ2) is 7.06. The zero-order chi connectivity index (χ0) is 16.1. The number of ether oxygens (including phenoxy) is 1. The van der Waals surface area contributed by atoms with Crippen LogP contribution >= 0.6 is 0 Å². The molecule has 6 nitrogen and oxygen atoms in total. The molecule has 1 aliphatic carbocycles. The minimum Gasteiger partial charge on any atom is -0.481 e. The Balaban J connectivity index is 1.94. The van der Waals surface area contributed by atoms with Gasteiger partial charge in [-0.05, 0) is 49.3 Å². The van der Waals surface area contributed by atoms with Gasteiger partial charge in [-0.3, -0.25) is 9.59 Å². The van der Waals surface area contributed by atoms with Crippen LogP contribution in [0.4, 0.5) is 5.69 Å². The number of aliphatic carboxylic acids is 1. The van der Waals surface area contributed by atoms with E-state index in [0.717, 1.165) is 25.5 Å². The van der Waals surface area contributed by atoms with E-state index >= 15 is 0 Å². The van der Waals surface area contributed by atoms with Crippen LogP contribution in [-0.2, 0) is 19.1 Å². The quantitative estimate of drug-likeness (QED) is 0.659. The van der Waals surface area contributed by atoms with Crippen molar-refractivity contribution in [1.29, 1.82) is 0 Å². The normalized spacial score (nSPS) is 21.0. The number of carbonyl (C=O) groups is 3. The van der Waals surface area contributed by atoms with E-state index in [4.69, 9.17) is 5.11 Å². The van der Waals surface area contributed by atoms with E-state index in [1.807, 2.05) is 12.1 Å². The van der Waals surface area contributed by atoms with Gasteiger partial charge in [0.15, 0.2) is 0 Å². The third-order valence-electron chi connectivity index (χ3n) is 4.09. The lowest BCUT2D eigenvalue weighted by atomic mass is 9.79. The van der Waals surface area contributed by atoms with Crippen molar-refractivity contribution in [3.05, 3.63) is 29.8 Å². The Morgan fingerprint density at radius 1 is 1.09 bits per heavy atom. The van der Waals surface area contributed by atoms with Crippen molar-refractivity contribution in [3.63, 3.8) is 0 Å². The molecule has 0 atom stereocenters. The minimum atomic E-state index is -0.934. The summed E-state index contributed by atoms with van der Waals surface area (Å²) in [5.74, 6) is -2.33. The molecular weight excluding hydrogens is 286 g/mol. The molecular formula is C16H19NO5. The molecule has 1 saturated carbocycles. The van der Waals surface area contributed by atoms with Crippen LogP contribution in [0.25, 0.3) is 0 Å². The molecule has 1 aliphatic rings. The molecule has 0 spiro atoms. The molecule has 118 valence electrons. The molecule has 6 heteroatoms. The fraction of sp³-hybridized carbons (Fsp3) is 0.438. The van der Waals surface area contributed by atoms with E-state index in [-0.39, 0.29) is 5.92 Å². The van der Waals surface area contributed by atoms with E-state index < -0.39 is 17.8 Å². The zero-order valence-corrected chi connectivity index (χ0v) is 12.4. The summed E-state index contributed by atoms with van der Waals surface area (Å²) in [7, 11) is 1.15. The lowest BCUT2D eigenvalue weighted by Gasteiger charge is -2.26. The molecule has 0 aromatic heterocycles. The molecule has 1 amide bonds. The van der Waals surface area contributed by atoms with Gasteiger partial charge in [0.05, 0.1) is 13.0 Å². The smallest absolute Gasteiger partial charge is 0.396 e. The maximum absolute atomic E-state index is 11.4. The van der Waals surface area contributed by atoms with Crippen molar-refractivity contribution in [2.75, 3.05) is 12.4 Å². The number of rotatable bonds is 3. The highest BCUT2D eigenvalue weighted by Gasteiger charge is 2.26. The monoisotopic (exact) mass is 305 g/mol. The van der Waals surface area contributed by atoms with Crippen molar-refractivity contribution in [2.45, 2.75) is 31.6 Å². The number of carbonyl (C=O) groups excluding carboxylic acids is 2. The Kier molecular flexibility index (Phi) is 5.14. The van der Waals surface area contributed by atoms with Gasteiger partial charge >= 0.3 is 17.8 Å². The Morgan fingerprint density at radius 3 is 2.18 bits per heavy atom. The molecule has 1 aromatic carbocycles. The van der Waals surface area contributed by atoms with Crippen LogP contribution in [0.3, 0.4) is 0 Å². The molecule has 2 N–H and O–H groups in total. The van der Waals surface area contributed by atoms with Gasteiger partial charge in [-0.15, -0.1) is 0 Å². The largest absolute Gasteiger partial charge is 0.481 e. The number of hydrogen-bond donors (Lipinski definition) is 2. The predicted octanol–water partition coefficient (Wildman–Crippen LogP) is 2.16. The van der Waals surface area contributed by atoms with Gasteiger partial charge in [0.25, 0.3) is 0 Å². The number of anilines is 1. The van der Waals surface area contributed by atoms with Crippen molar-refractivity contribution < 1.29 is 24.2 Å². The first-order chi connectivity index (χ1) is 10.5. The summed E-state index contributed by atoms with van der Waals surface area (Å²) in [4.78, 5) is 33.4. The van der Waals surface area contributed by atoms with Gasteiger partial charge in [-0.1, -0.05) is 12.1 Å². The van der Waals surface area contributed by atoms with Crippen molar-refractivity contribution in [1.82, 2.24) is 0 Å². The highest BCUT2D eigenvalue weighted by molar-refractivity contribution is 6.37. The zero-order valence-electron chi connectivity index (χ0n) is 12.4. The molecule has 22 heavy (non-hydrogen) atoms. The van der Waals surface area contributed by atoms with Gasteiger partial charge in [0, 0.05) is 5.69 Å². The first-order valence-corrected chi connectivity index (χ1v) is 7.23. The van der Waals surface area contributed by atoms with Gasteiger partial charge < -0.3 is 15.2 Å². The highest BCUT2D eigenvalue weighted by atomic mass is 16.5. The van der Waals surface area contributed by atoms with E-state index in [9.17, 15) is 14.4 Å². The SMILES string of the molecule is COC(=O)C(=O)Nc1ccc([C@H]2CC[C@H](C(=O)O)CC2)cc1. The number of esters is 1. The van der Waals surface area contributed by atoms with Crippen molar-refractivity contribution in [2.24, 2.45) is 5.92 Å². The van der Waals surface area contributed by atoms with Crippen LogP contribution in [0.1, 0.15) is 37.2 Å². The van der Waals surface area contributed by atoms with Gasteiger partial charge in [-0.25, -0.2) is 4.79 Å². The Labute approximate surface area is 128 Å². The molecule has 0 unspecified atom stereocenters. The van der Waals surface area contributed by atoms with Crippen LogP contribution in [0, 0.1) is 5.92 Å². The predicted molar refractivity (Wildman–Crippen MR) is 79.4 cm³/mol. The van der Waals surface area contributed by atoms with Gasteiger partial charge in [-0.2, -0.15) is 0 Å². The highest BCUT2D eigenvalue weighted by Crippen LogP contribution is 2.36. The number of carboxylic acids is 1. The fourth-order valence-corrected chi connectivity index (χ4v) is 2.79. The van der Waals surface area contributed by atoms with E-state index in [2.05, 4.69) is 10.1 Å². The molecule has 2 rings (SSSR count). The van der Waals surface area contributed by atoms with Crippen LogP contribution in [0.5, 0.6) is 0 Å². The summed E-state index contributed by atoms with van der Waals surface area (Å²) in [6.07, 6.45) is 3.09. The molecule has 0 heterocycles. The summed E-state index contributed by atoms with van der Waals surface area (Å²) in [5.41, 5.74) is 1.65. The lowest BCUT2D eigenvalue weighted by Crippen LogP contribution is -2.23. The summed E-state index contributed by atoms with van der Waals surface area (Å²) in [6.45, 7) is 0. The maximum atomic E-state index is 11.4. The van der Waals surface area contributed by atoms with E-state index in [1.54, 1.807) is 12.1 Å². The number of methoxy groups -OCH3 is 1. The summed E-state index contributed by atoms with van der Waals surface area (Å²) < 4.78 is 4.33. The minimum absolute atomic E-state index is 0.227. The summed E-state index contributed by atoms with van der Waals surface area (Å²) in [6, 6.07) is 7.27. The first kappa shape index (κ1) is 16.0. The number of amides is 1. The average molecular weight is 305 g/mol. The maximum Gasteiger partial charge on any atom is 0.396 e. The van der Waals surface area contributed by atoms with Crippen LogP contribution < -0.4 is 5.32 Å². The second-order valence-electron chi connectivity index (χ2n) is 5.45. The van der Waals surface area contributed by atoms with Crippen LogP contribution in [-0.4, -0.2) is 30.1 Å². The van der Waals surface area contributed by atoms with Crippen molar-refractivity contribution >= 4 is 23.5 Å². The Hall–Kier alpha value is -2.37. The summed E-state index contributed by atoms with van der Waals surface area (Å²) >= 11 is 0. The number of benzene rings is 1. The first-order valence-electron chi connectivity index (χ1n) is 7.23. The Bertz CT molecular complexity index is 558. The van der Waals surface area contributed by atoms with E-state index in [0.29, 0.717) is 24.4 Å².